The van der Waals surface area contributed by atoms with E-state index in [0.717, 1.165) is 54.6 Å². The Morgan fingerprint density at radius 2 is 0.846 bits per heavy atom. The molecule has 2 nitrogen and oxygen atoms in total. The maximum atomic E-state index is 11.4. The van der Waals surface area contributed by atoms with Crippen molar-refractivity contribution in [2.24, 2.45) is 0 Å². The number of unbranched alkanes of at least 4 members (excludes halogenated alkanes) is 17. The number of nitrogens with zero attached hydrogens (tertiary/aromatic N) is 2. The average molecular weight is 756 g/mol. The molecule has 296 valence electrons. The molecule has 0 spiro atoms. The summed E-state index contributed by atoms with van der Waals surface area (Å²) in [5, 5.41) is 2.86. The Morgan fingerprint density at radius 1 is 0.462 bits per heavy atom. The van der Waals surface area contributed by atoms with Crippen LogP contribution in [0.1, 0.15) is 211 Å². The fourth-order valence-electron chi connectivity index (χ4n) is 7.19. The van der Waals surface area contributed by atoms with Crippen molar-refractivity contribution in [3.8, 4) is 0 Å². The van der Waals surface area contributed by atoms with Gasteiger partial charge in [-0.1, -0.05) is 64.3 Å². The van der Waals surface area contributed by atoms with E-state index >= 15 is 0 Å². The number of rotatable bonds is 29. The Morgan fingerprint density at radius 3 is 1.29 bits per heavy atom. The summed E-state index contributed by atoms with van der Waals surface area (Å²) in [7, 11) is 0. The number of aryl methyl sites for hydroxylation is 2. The van der Waals surface area contributed by atoms with Crippen LogP contribution in [-0.2, 0) is 27.3 Å². The van der Waals surface area contributed by atoms with Crippen LogP contribution in [0.2, 0.25) is 10.8 Å². The summed E-state index contributed by atoms with van der Waals surface area (Å²) in [4.78, 5) is 0. The summed E-state index contributed by atoms with van der Waals surface area (Å²) < 4.78 is 1.47. The van der Waals surface area contributed by atoms with Crippen molar-refractivity contribution in [1.29, 1.82) is 0 Å². The van der Waals surface area contributed by atoms with Crippen molar-refractivity contribution >= 4 is 11.4 Å². The summed E-state index contributed by atoms with van der Waals surface area (Å²) in [5.74, 6) is 0. The van der Waals surface area contributed by atoms with Crippen molar-refractivity contribution < 1.29 is 19.1 Å². The monoisotopic (exact) mass is 755 g/mol. The summed E-state index contributed by atoms with van der Waals surface area (Å²) in [6, 6.07) is 17.5. The van der Waals surface area contributed by atoms with E-state index in [-0.39, 0.29) is 0 Å². The molecule has 0 saturated heterocycles. The number of hydrogen-bond donors (Lipinski definition) is 0. The normalized spacial score (nSPS) is 13.0. The van der Waals surface area contributed by atoms with Gasteiger partial charge in [-0.15, -0.1) is 0 Å². The summed E-state index contributed by atoms with van der Waals surface area (Å²) in [6.07, 6.45) is 33.5. The van der Waals surface area contributed by atoms with Crippen LogP contribution in [0.15, 0.2) is 59.7 Å². The SMILES string of the molecule is CCCCC1=C(c2cccc(CCCC)c2)[N+](=[N-])C(c2cccc(CCCC)c2)=C1C.CCCCCCCCC[CH2][Ni][CH2]CCCCCCCCC. The molecule has 1 aliphatic rings. The molecule has 0 amide bonds. The summed E-state index contributed by atoms with van der Waals surface area (Å²) in [6.45, 7) is 13.5. The second kappa shape index (κ2) is 30.4. The van der Waals surface area contributed by atoms with Gasteiger partial charge in [0.05, 0.1) is 0 Å². The van der Waals surface area contributed by atoms with Gasteiger partial charge in [-0.05, 0) is 80.8 Å². The molecule has 0 unspecified atom stereocenters. The molecular weight excluding hydrogens is 675 g/mol. The van der Waals surface area contributed by atoms with Crippen LogP contribution in [0.3, 0.4) is 0 Å². The zero-order chi connectivity index (χ0) is 37.7. The molecule has 52 heavy (non-hydrogen) atoms. The van der Waals surface area contributed by atoms with Crippen LogP contribution < -0.4 is 0 Å². The van der Waals surface area contributed by atoms with Gasteiger partial charge in [0.15, 0.2) is 0 Å². The van der Waals surface area contributed by atoms with Crippen molar-refractivity contribution in [3.05, 3.63) is 87.5 Å². The van der Waals surface area contributed by atoms with E-state index in [1.54, 1.807) is 0 Å². The predicted octanol–water partition coefficient (Wildman–Crippen LogP) is 16.9. The molecule has 1 heterocycles. The third-order valence-electron chi connectivity index (χ3n) is 10.5. The fourth-order valence-corrected chi connectivity index (χ4v) is 8.42. The Balaban J connectivity index is 0.000000392. The first kappa shape index (κ1) is 46.2. The number of benzene rings is 2. The minimum absolute atomic E-state index is 0.943. The molecule has 2 aromatic rings. The zero-order valence-electron chi connectivity index (χ0n) is 34.9. The van der Waals surface area contributed by atoms with Crippen LogP contribution in [0.25, 0.3) is 16.9 Å². The standard InChI is InChI=1S/C29H38N2.2C10H21.Ni/c1-5-8-13-23-15-11-17-25(20-23)28-22(4)27(19-10-7-3)29(31(28)30)26-18-12-16-24(21-26)14-9-6-2;2*1-3-5-7-9-10-8-6-4-2;/h11-12,15-18,20-21H,5-10,13-14,19H2,1-4H3;2*1,3-10H2,2H3;. The third kappa shape index (κ3) is 18.4. The zero-order valence-corrected chi connectivity index (χ0v) is 35.9. The van der Waals surface area contributed by atoms with Crippen molar-refractivity contribution in [2.45, 2.75) is 213 Å². The van der Waals surface area contributed by atoms with E-state index in [2.05, 4.69) is 90.1 Å². The van der Waals surface area contributed by atoms with Gasteiger partial charge in [-0.25, -0.2) is 4.70 Å². The first-order chi connectivity index (χ1) is 25.5. The van der Waals surface area contributed by atoms with E-state index in [1.807, 2.05) is 14.4 Å². The number of hydrogen-bond acceptors (Lipinski definition) is 0. The second-order valence-electron chi connectivity index (χ2n) is 15.2. The van der Waals surface area contributed by atoms with Crippen LogP contribution in [0.4, 0.5) is 0 Å². The quantitative estimate of drug-likeness (QED) is 0.0449. The first-order valence-corrected chi connectivity index (χ1v) is 23.5. The summed E-state index contributed by atoms with van der Waals surface area (Å²) in [5.41, 5.74) is 20.8. The van der Waals surface area contributed by atoms with E-state index < -0.39 is 0 Å². The van der Waals surface area contributed by atoms with Gasteiger partial charge in [0.1, 0.15) is 0 Å². The van der Waals surface area contributed by atoms with Gasteiger partial charge < -0.3 is 5.53 Å². The molecule has 0 aromatic heterocycles. The van der Waals surface area contributed by atoms with Crippen molar-refractivity contribution in [3.63, 3.8) is 0 Å². The van der Waals surface area contributed by atoms with Gasteiger partial charge in [0.2, 0.25) is 11.4 Å². The molecule has 0 atom stereocenters. The molecule has 3 rings (SSSR count). The van der Waals surface area contributed by atoms with Crippen LogP contribution in [-0.4, -0.2) is 4.70 Å². The van der Waals surface area contributed by atoms with E-state index in [9.17, 15) is 5.53 Å². The van der Waals surface area contributed by atoms with Gasteiger partial charge in [-0.3, -0.25) is 0 Å². The van der Waals surface area contributed by atoms with Crippen LogP contribution >= 0.6 is 0 Å². The molecule has 2 aromatic carbocycles. The second-order valence-corrected chi connectivity index (χ2v) is 16.7. The average Bonchev–Trinajstić information content (AvgIpc) is 3.42. The van der Waals surface area contributed by atoms with E-state index in [4.69, 9.17) is 0 Å². The van der Waals surface area contributed by atoms with Crippen LogP contribution in [0, 0.1) is 0 Å². The predicted molar refractivity (Wildman–Crippen MR) is 228 cm³/mol. The molecule has 0 fully saturated rings. The van der Waals surface area contributed by atoms with Gasteiger partial charge in [0, 0.05) is 22.3 Å². The topological polar surface area (TPSA) is 25.3 Å². The van der Waals surface area contributed by atoms with Gasteiger partial charge >= 0.3 is 142 Å². The Labute approximate surface area is 329 Å². The third-order valence-corrected chi connectivity index (χ3v) is 11.9. The molecule has 0 radical (unpaired) electrons. The molecular formula is C49H80N2Ni. The Kier molecular flexibility index (Phi) is 26.9. The summed E-state index contributed by atoms with van der Waals surface area (Å²) >= 11 is 2.02. The van der Waals surface area contributed by atoms with Crippen molar-refractivity contribution in [1.82, 2.24) is 0 Å². The van der Waals surface area contributed by atoms with Crippen molar-refractivity contribution in [2.75, 3.05) is 0 Å². The number of allylic oxidation sites excluding steroid dienone is 2. The minimum atomic E-state index is 0.943. The molecule has 1 aliphatic heterocycles. The Hall–Kier alpha value is -1.99. The first-order valence-electron chi connectivity index (χ1n) is 22.1. The molecule has 0 saturated carbocycles. The Bertz CT molecular complexity index is 1270. The maximum absolute atomic E-state index is 11.4. The van der Waals surface area contributed by atoms with E-state index in [0.29, 0.717) is 0 Å². The molecule has 0 N–H and O–H groups in total. The van der Waals surface area contributed by atoms with E-state index in [1.165, 1.54) is 166 Å². The molecule has 0 bridgehead atoms. The molecule has 3 heteroatoms. The fraction of sp³-hybridized carbons (Fsp3) is 0.673. The van der Waals surface area contributed by atoms with Gasteiger partial charge in [0.25, 0.3) is 0 Å². The van der Waals surface area contributed by atoms with Crippen LogP contribution in [0.5, 0.6) is 0 Å². The molecule has 0 aliphatic carbocycles. The van der Waals surface area contributed by atoms with Gasteiger partial charge in [-0.2, -0.15) is 0 Å².